The lowest BCUT2D eigenvalue weighted by molar-refractivity contribution is -0.142. The van der Waals surface area contributed by atoms with Crippen molar-refractivity contribution in [2.75, 3.05) is 13.1 Å². The molecule has 1 aliphatic rings. The summed E-state index contributed by atoms with van der Waals surface area (Å²) < 4.78 is 41.9. The Bertz CT molecular complexity index is 1040. The number of nitrogens with zero attached hydrogens (tertiary/aromatic N) is 5. The monoisotopic (exact) mass is 417 g/mol. The topological polar surface area (TPSA) is 46.3 Å². The molecule has 0 aromatic carbocycles. The molecule has 1 atom stereocenters. The van der Waals surface area contributed by atoms with Crippen LogP contribution in [-0.4, -0.2) is 37.6 Å². The maximum absolute atomic E-state index is 13.7. The zero-order valence-electron chi connectivity index (χ0n) is 17.4. The molecule has 1 fully saturated rings. The van der Waals surface area contributed by atoms with E-state index < -0.39 is 11.9 Å². The van der Waals surface area contributed by atoms with E-state index in [9.17, 15) is 13.2 Å². The molecule has 0 spiro atoms. The molecular weight excluding hydrogens is 391 g/mol. The molecule has 0 saturated carbocycles. The van der Waals surface area contributed by atoms with Gasteiger partial charge in [-0.15, -0.1) is 0 Å². The summed E-state index contributed by atoms with van der Waals surface area (Å²) in [6.07, 6.45) is 1.07. The van der Waals surface area contributed by atoms with Crippen LogP contribution in [0.3, 0.4) is 0 Å². The number of alkyl halides is 3. The van der Waals surface area contributed by atoms with E-state index in [0.717, 1.165) is 48.6 Å². The fourth-order valence-corrected chi connectivity index (χ4v) is 4.07. The summed E-state index contributed by atoms with van der Waals surface area (Å²) in [6.45, 7) is 8.27. The Balaban J connectivity index is 1.63. The third-order valence-electron chi connectivity index (χ3n) is 5.80. The van der Waals surface area contributed by atoms with Crippen molar-refractivity contribution in [1.29, 1.82) is 0 Å². The van der Waals surface area contributed by atoms with Crippen molar-refractivity contribution in [2.45, 2.75) is 58.2 Å². The standard InChI is InChI=1S/C22H26F3N5/c1-14(2)18-9-20(22(23,24)25)30-21(27-18)10-19(28-30)17-5-4-8-29(13-17)12-16-6-7-26-11-15(16)3/h6-7,9-11,14,17H,4-5,8,12-13H2,1-3H3/t17-/m1/s1. The second-order valence-electron chi connectivity index (χ2n) is 8.43. The minimum atomic E-state index is -4.48. The predicted octanol–water partition coefficient (Wildman–Crippen LogP) is 4.95. The summed E-state index contributed by atoms with van der Waals surface area (Å²) in [5.41, 5.74) is 2.99. The van der Waals surface area contributed by atoms with Crippen LogP contribution in [0.15, 0.2) is 30.6 Å². The quantitative estimate of drug-likeness (QED) is 0.602. The number of aryl methyl sites for hydroxylation is 1. The average molecular weight is 417 g/mol. The van der Waals surface area contributed by atoms with Gasteiger partial charge in [-0.1, -0.05) is 13.8 Å². The first-order chi connectivity index (χ1) is 14.2. The van der Waals surface area contributed by atoms with Gasteiger partial charge in [-0.05, 0) is 55.5 Å². The molecule has 3 aromatic rings. The minimum absolute atomic E-state index is 0.0891. The molecule has 30 heavy (non-hydrogen) atoms. The second kappa shape index (κ2) is 7.98. The molecule has 8 heteroatoms. The minimum Gasteiger partial charge on any atom is -0.298 e. The van der Waals surface area contributed by atoms with Gasteiger partial charge in [0.05, 0.1) is 5.69 Å². The molecule has 4 heterocycles. The van der Waals surface area contributed by atoms with E-state index in [-0.39, 0.29) is 17.5 Å². The van der Waals surface area contributed by atoms with Gasteiger partial charge < -0.3 is 0 Å². The van der Waals surface area contributed by atoms with Crippen LogP contribution in [0.1, 0.15) is 66.7 Å². The van der Waals surface area contributed by atoms with Crippen molar-refractivity contribution in [2.24, 2.45) is 0 Å². The van der Waals surface area contributed by atoms with E-state index in [4.69, 9.17) is 0 Å². The predicted molar refractivity (Wildman–Crippen MR) is 108 cm³/mol. The van der Waals surface area contributed by atoms with Crippen LogP contribution in [0, 0.1) is 6.92 Å². The van der Waals surface area contributed by atoms with Crippen molar-refractivity contribution < 1.29 is 13.2 Å². The van der Waals surface area contributed by atoms with Crippen LogP contribution in [0.5, 0.6) is 0 Å². The highest BCUT2D eigenvalue weighted by atomic mass is 19.4. The lowest BCUT2D eigenvalue weighted by atomic mass is 9.94. The highest BCUT2D eigenvalue weighted by molar-refractivity contribution is 5.44. The number of pyridine rings is 1. The van der Waals surface area contributed by atoms with Crippen molar-refractivity contribution in [3.63, 3.8) is 0 Å². The van der Waals surface area contributed by atoms with Crippen molar-refractivity contribution in [3.05, 3.63) is 58.8 Å². The number of hydrogen-bond donors (Lipinski definition) is 0. The van der Waals surface area contributed by atoms with Gasteiger partial charge in [0.2, 0.25) is 0 Å². The summed E-state index contributed by atoms with van der Waals surface area (Å²) in [5, 5.41) is 4.36. The Kier molecular flexibility index (Phi) is 5.53. The van der Waals surface area contributed by atoms with E-state index in [2.05, 4.69) is 20.0 Å². The van der Waals surface area contributed by atoms with Crippen molar-refractivity contribution in [1.82, 2.24) is 24.5 Å². The second-order valence-corrected chi connectivity index (χ2v) is 8.43. The van der Waals surface area contributed by atoms with Gasteiger partial charge in [0, 0.05) is 43.2 Å². The van der Waals surface area contributed by atoms with Crippen LogP contribution >= 0.6 is 0 Å². The molecule has 0 aliphatic carbocycles. The third kappa shape index (κ3) is 4.19. The summed E-state index contributed by atoms with van der Waals surface area (Å²) >= 11 is 0. The van der Waals surface area contributed by atoms with Crippen LogP contribution in [-0.2, 0) is 12.7 Å². The van der Waals surface area contributed by atoms with Crippen LogP contribution in [0.25, 0.3) is 5.65 Å². The molecule has 3 aromatic heterocycles. The smallest absolute Gasteiger partial charge is 0.298 e. The van der Waals surface area contributed by atoms with Gasteiger partial charge in [0.15, 0.2) is 5.65 Å². The van der Waals surface area contributed by atoms with Crippen LogP contribution < -0.4 is 0 Å². The zero-order chi connectivity index (χ0) is 21.5. The van der Waals surface area contributed by atoms with E-state index in [1.165, 1.54) is 5.56 Å². The molecule has 0 radical (unpaired) electrons. The molecular formula is C22H26F3N5. The number of hydrogen-bond acceptors (Lipinski definition) is 4. The molecule has 0 amide bonds. The number of aromatic nitrogens is 4. The lowest BCUT2D eigenvalue weighted by Gasteiger charge is -2.32. The number of fused-ring (bicyclic) bond motifs is 1. The first kappa shape index (κ1) is 20.8. The van der Waals surface area contributed by atoms with Crippen molar-refractivity contribution in [3.8, 4) is 0 Å². The highest BCUT2D eigenvalue weighted by Gasteiger charge is 2.36. The van der Waals surface area contributed by atoms with Gasteiger partial charge in [-0.3, -0.25) is 9.88 Å². The number of likely N-dealkylation sites (tertiary alicyclic amines) is 1. The van der Waals surface area contributed by atoms with Gasteiger partial charge in [0.25, 0.3) is 0 Å². The molecule has 160 valence electrons. The van der Waals surface area contributed by atoms with Gasteiger partial charge >= 0.3 is 6.18 Å². The average Bonchev–Trinajstić information content (AvgIpc) is 3.12. The summed E-state index contributed by atoms with van der Waals surface area (Å²) in [7, 11) is 0. The molecule has 1 aliphatic heterocycles. The van der Waals surface area contributed by atoms with Gasteiger partial charge in [-0.2, -0.15) is 18.3 Å². The third-order valence-corrected chi connectivity index (χ3v) is 5.80. The van der Waals surface area contributed by atoms with Crippen molar-refractivity contribution >= 4 is 5.65 Å². The SMILES string of the molecule is Cc1cnccc1CN1CCC[C@@H](c2cc3nc(C(C)C)cc(C(F)(F)F)n3n2)C1. The van der Waals surface area contributed by atoms with E-state index >= 15 is 0 Å². The zero-order valence-corrected chi connectivity index (χ0v) is 17.4. The summed E-state index contributed by atoms with van der Waals surface area (Å²) in [5.74, 6) is -0.00518. The van der Waals surface area contributed by atoms with Crippen LogP contribution in [0.4, 0.5) is 13.2 Å². The lowest BCUT2D eigenvalue weighted by Crippen LogP contribution is -2.34. The fraction of sp³-hybridized carbons (Fsp3) is 0.500. The van der Waals surface area contributed by atoms with E-state index in [0.29, 0.717) is 11.4 Å². The maximum Gasteiger partial charge on any atom is 0.433 e. The normalized spacial score (nSPS) is 18.4. The Labute approximate surface area is 173 Å². The molecule has 0 N–H and O–H groups in total. The number of piperidine rings is 1. The Hall–Kier alpha value is -2.48. The van der Waals surface area contributed by atoms with E-state index in [1.54, 1.807) is 12.3 Å². The Morgan fingerprint density at radius 2 is 2.03 bits per heavy atom. The largest absolute Gasteiger partial charge is 0.433 e. The number of halogens is 3. The first-order valence-electron chi connectivity index (χ1n) is 10.3. The maximum atomic E-state index is 13.7. The molecule has 0 unspecified atom stereocenters. The van der Waals surface area contributed by atoms with Gasteiger partial charge in [-0.25, -0.2) is 9.50 Å². The van der Waals surface area contributed by atoms with Gasteiger partial charge in [0.1, 0.15) is 5.69 Å². The summed E-state index contributed by atoms with van der Waals surface area (Å²) in [6, 6.07) is 4.87. The summed E-state index contributed by atoms with van der Waals surface area (Å²) in [4.78, 5) is 10.9. The fourth-order valence-electron chi connectivity index (χ4n) is 4.07. The number of rotatable bonds is 4. The van der Waals surface area contributed by atoms with Crippen LogP contribution in [0.2, 0.25) is 0 Å². The molecule has 1 saturated heterocycles. The molecule has 5 nitrogen and oxygen atoms in total. The Morgan fingerprint density at radius 1 is 1.23 bits per heavy atom. The molecule has 4 rings (SSSR count). The molecule has 0 bridgehead atoms. The highest BCUT2D eigenvalue weighted by Crippen LogP contribution is 2.33. The van der Waals surface area contributed by atoms with E-state index in [1.807, 2.05) is 33.0 Å². The Morgan fingerprint density at radius 3 is 2.73 bits per heavy atom. The first-order valence-corrected chi connectivity index (χ1v) is 10.3.